The number of alkyl halides is 6. The molecule has 1 aromatic rings. The largest absolute Gasteiger partial charge is 0.435 e. The molecule has 0 fully saturated rings. The van der Waals surface area contributed by atoms with Crippen molar-refractivity contribution in [1.82, 2.24) is 9.78 Å². The summed E-state index contributed by atoms with van der Waals surface area (Å²) >= 11 is 4.17. The summed E-state index contributed by atoms with van der Waals surface area (Å²) in [4.78, 5) is 0. The zero-order valence-electron chi connectivity index (χ0n) is 7.23. The van der Waals surface area contributed by atoms with E-state index in [1.165, 1.54) is 0 Å². The first-order chi connectivity index (χ1) is 7.03. The van der Waals surface area contributed by atoms with Gasteiger partial charge in [0.25, 0.3) is 0 Å². The Morgan fingerprint density at radius 2 is 1.69 bits per heavy atom. The van der Waals surface area contributed by atoms with E-state index in [1.807, 2.05) is 0 Å². The first-order valence-electron chi connectivity index (χ1n) is 3.57. The van der Waals surface area contributed by atoms with Crippen LogP contribution in [0.4, 0.5) is 26.3 Å². The average molecular weight is 263 g/mol. The molecule has 0 radical (unpaired) electrons. The monoisotopic (exact) mass is 263 g/mol. The molecule has 2 N–H and O–H groups in total. The van der Waals surface area contributed by atoms with Crippen LogP contribution in [0.15, 0.2) is 6.07 Å². The van der Waals surface area contributed by atoms with E-state index < -0.39 is 28.9 Å². The molecule has 1 heterocycles. The van der Waals surface area contributed by atoms with Gasteiger partial charge >= 0.3 is 12.4 Å². The molecule has 0 aliphatic carbocycles. The predicted molar refractivity (Wildman–Crippen MR) is 44.4 cm³/mol. The van der Waals surface area contributed by atoms with Crippen LogP contribution in [0, 0.1) is 0 Å². The number of thiocarbonyl (C=S) groups is 1. The van der Waals surface area contributed by atoms with Gasteiger partial charge in [-0.2, -0.15) is 31.4 Å². The summed E-state index contributed by atoms with van der Waals surface area (Å²) in [6.45, 7) is 0. The molecule has 90 valence electrons. The summed E-state index contributed by atoms with van der Waals surface area (Å²) in [5.74, 6) is 0. The quantitative estimate of drug-likeness (QED) is 0.575. The van der Waals surface area contributed by atoms with Crippen molar-refractivity contribution in [3.8, 4) is 0 Å². The van der Waals surface area contributed by atoms with Crippen molar-refractivity contribution < 1.29 is 26.3 Å². The molecule has 10 heteroatoms. The van der Waals surface area contributed by atoms with Crippen LogP contribution in [-0.4, -0.2) is 14.9 Å². The molecule has 0 amide bonds. The molecule has 0 saturated heterocycles. The molecule has 1 aromatic heterocycles. The Labute approximate surface area is 89.8 Å². The summed E-state index contributed by atoms with van der Waals surface area (Å²) in [7, 11) is 0. The molecule has 0 aromatic carbocycles. The number of aromatic nitrogens is 2. The fraction of sp³-hybridized carbons (Fsp3) is 0.333. The Hall–Kier alpha value is -1.32. The highest BCUT2D eigenvalue weighted by Gasteiger charge is 2.42. The van der Waals surface area contributed by atoms with Crippen LogP contribution in [0.1, 0.15) is 11.4 Å². The van der Waals surface area contributed by atoms with Crippen molar-refractivity contribution in [1.29, 1.82) is 0 Å². The smallest absolute Gasteiger partial charge is 0.374 e. The Bertz CT molecular complexity index is 417. The van der Waals surface area contributed by atoms with E-state index >= 15 is 0 Å². The lowest BCUT2D eigenvalue weighted by Gasteiger charge is -2.07. The minimum Gasteiger partial charge on any atom is -0.374 e. The molecule has 0 atom stereocenters. The van der Waals surface area contributed by atoms with Crippen molar-refractivity contribution in [3.63, 3.8) is 0 Å². The van der Waals surface area contributed by atoms with Gasteiger partial charge in [-0.25, -0.2) is 4.68 Å². The lowest BCUT2D eigenvalue weighted by atomic mass is 10.3. The maximum atomic E-state index is 12.3. The Morgan fingerprint density at radius 1 is 1.19 bits per heavy atom. The van der Waals surface area contributed by atoms with Gasteiger partial charge < -0.3 is 5.73 Å². The molecule has 0 bridgehead atoms. The standard InChI is InChI=1S/C6H3F6N3S/c7-5(8,9)2-1-3(6(10,11)12)15(14-2)4(13)16/h1H,(H2,13,16). The second kappa shape index (κ2) is 3.61. The van der Waals surface area contributed by atoms with Gasteiger partial charge in [0.05, 0.1) is 0 Å². The van der Waals surface area contributed by atoms with Gasteiger partial charge in [0.1, 0.15) is 0 Å². The van der Waals surface area contributed by atoms with Crippen LogP contribution in [0.3, 0.4) is 0 Å². The first kappa shape index (κ1) is 12.7. The third-order valence-electron chi connectivity index (χ3n) is 1.50. The highest BCUT2D eigenvalue weighted by molar-refractivity contribution is 7.80. The SMILES string of the molecule is NC(=S)n1nc(C(F)(F)F)cc1C(F)(F)F. The van der Waals surface area contributed by atoms with Crippen LogP contribution in [-0.2, 0) is 12.4 Å². The Morgan fingerprint density at radius 3 is 1.94 bits per heavy atom. The molecule has 16 heavy (non-hydrogen) atoms. The Balaban J connectivity index is 3.38. The highest BCUT2D eigenvalue weighted by atomic mass is 32.1. The summed E-state index contributed by atoms with van der Waals surface area (Å²) in [6.07, 6.45) is -10.0. The second-order valence-electron chi connectivity index (χ2n) is 2.66. The van der Waals surface area contributed by atoms with E-state index in [0.29, 0.717) is 0 Å². The Kier molecular flexibility index (Phi) is 2.88. The van der Waals surface area contributed by atoms with E-state index in [2.05, 4.69) is 17.3 Å². The molecule has 0 spiro atoms. The van der Waals surface area contributed by atoms with Crippen LogP contribution in [0.2, 0.25) is 0 Å². The minimum atomic E-state index is -5.01. The minimum absolute atomic E-state index is 0.154. The maximum absolute atomic E-state index is 12.3. The number of hydrogen-bond acceptors (Lipinski definition) is 2. The number of rotatable bonds is 0. The van der Waals surface area contributed by atoms with Crippen LogP contribution >= 0.6 is 12.2 Å². The van der Waals surface area contributed by atoms with Gasteiger partial charge in [0.2, 0.25) is 0 Å². The molecule has 0 unspecified atom stereocenters. The highest BCUT2D eigenvalue weighted by Crippen LogP contribution is 2.34. The molecule has 0 aliphatic heterocycles. The van der Waals surface area contributed by atoms with Gasteiger partial charge in [0.15, 0.2) is 16.5 Å². The third kappa shape index (κ3) is 2.43. The molecular formula is C6H3F6N3S. The predicted octanol–water partition coefficient (Wildman–Crippen LogP) is 2.01. The summed E-state index contributed by atoms with van der Waals surface area (Å²) < 4.78 is 72.9. The van der Waals surface area contributed by atoms with Crippen LogP contribution < -0.4 is 5.73 Å². The average Bonchev–Trinajstić information content (AvgIpc) is 2.44. The van der Waals surface area contributed by atoms with Crippen molar-refractivity contribution in [2.45, 2.75) is 12.4 Å². The van der Waals surface area contributed by atoms with Crippen molar-refractivity contribution in [2.24, 2.45) is 5.73 Å². The van der Waals surface area contributed by atoms with Crippen molar-refractivity contribution in [2.75, 3.05) is 0 Å². The summed E-state index contributed by atoms with van der Waals surface area (Å²) in [5, 5.41) is 1.74. The maximum Gasteiger partial charge on any atom is 0.435 e. The molecular weight excluding hydrogens is 260 g/mol. The summed E-state index contributed by atoms with van der Waals surface area (Å²) in [5.41, 5.74) is 1.47. The van der Waals surface area contributed by atoms with Crippen LogP contribution in [0.5, 0.6) is 0 Å². The topological polar surface area (TPSA) is 43.8 Å². The fourth-order valence-corrected chi connectivity index (χ4v) is 1.03. The fourth-order valence-electron chi connectivity index (χ4n) is 0.890. The van der Waals surface area contributed by atoms with E-state index in [-0.39, 0.29) is 10.7 Å². The zero-order valence-corrected chi connectivity index (χ0v) is 8.04. The lowest BCUT2D eigenvalue weighted by molar-refractivity contribution is -0.143. The van der Waals surface area contributed by atoms with E-state index in [4.69, 9.17) is 5.73 Å². The normalized spacial score (nSPS) is 12.9. The summed E-state index contributed by atoms with van der Waals surface area (Å²) in [6, 6.07) is -0.154. The lowest BCUT2D eigenvalue weighted by Crippen LogP contribution is -2.26. The van der Waals surface area contributed by atoms with Gasteiger partial charge in [-0.1, -0.05) is 0 Å². The van der Waals surface area contributed by atoms with Gasteiger partial charge in [-0.15, -0.1) is 0 Å². The molecule has 0 saturated carbocycles. The van der Waals surface area contributed by atoms with E-state index in [9.17, 15) is 26.3 Å². The molecule has 0 aliphatic rings. The number of halogens is 6. The first-order valence-corrected chi connectivity index (χ1v) is 3.98. The number of hydrogen-bond donors (Lipinski definition) is 1. The zero-order chi connectivity index (χ0) is 12.7. The van der Waals surface area contributed by atoms with E-state index in [0.717, 1.165) is 0 Å². The van der Waals surface area contributed by atoms with Crippen molar-refractivity contribution >= 4 is 17.3 Å². The van der Waals surface area contributed by atoms with Crippen LogP contribution in [0.25, 0.3) is 0 Å². The third-order valence-corrected chi connectivity index (χ3v) is 1.67. The number of nitrogens with zero attached hydrogens (tertiary/aromatic N) is 2. The van der Waals surface area contributed by atoms with Gasteiger partial charge in [-0.3, -0.25) is 0 Å². The van der Waals surface area contributed by atoms with Gasteiger partial charge in [-0.05, 0) is 12.2 Å². The van der Waals surface area contributed by atoms with Gasteiger partial charge in [0, 0.05) is 6.07 Å². The van der Waals surface area contributed by atoms with E-state index in [1.54, 1.807) is 0 Å². The van der Waals surface area contributed by atoms with Crippen molar-refractivity contribution in [3.05, 3.63) is 17.5 Å². The molecule has 3 nitrogen and oxygen atoms in total. The number of nitrogens with two attached hydrogens (primary N) is 1. The molecule has 1 rings (SSSR count). The second-order valence-corrected chi connectivity index (χ2v) is 3.08.